The molecule has 2 rings (SSSR count). The van der Waals surface area contributed by atoms with Gasteiger partial charge < -0.3 is 14.8 Å². The molecule has 2 aromatic carbocycles. The van der Waals surface area contributed by atoms with Crippen LogP contribution in [0.5, 0.6) is 5.75 Å². The first kappa shape index (κ1) is 17.5. The maximum absolute atomic E-state index is 12.0. The summed E-state index contributed by atoms with van der Waals surface area (Å²) in [5.41, 5.74) is 2.30. The molecule has 1 N–H and O–H groups in total. The zero-order valence-electron chi connectivity index (χ0n) is 14.0. The third kappa shape index (κ3) is 4.84. The molecule has 0 saturated heterocycles. The summed E-state index contributed by atoms with van der Waals surface area (Å²) in [7, 11) is 1.59. The molecule has 0 fully saturated rings. The van der Waals surface area contributed by atoms with Crippen LogP contribution in [0.15, 0.2) is 48.5 Å². The van der Waals surface area contributed by atoms with Crippen LogP contribution in [0.3, 0.4) is 0 Å². The highest BCUT2D eigenvalue weighted by Crippen LogP contribution is 2.18. The van der Waals surface area contributed by atoms with Crippen LogP contribution >= 0.6 is 0 Å². The van der Waals surface area contributed by atoms with Crippen LogP contribution in [0.1, 0.15) is 34.5 Å². The number of hydrogen-bond donors (Lipinski definition) is 1. The van der Waals surface area contributed by atoms with E-state index in [2.05, 4.69) is 5.32 Å². The van der Waals surface area contributed by atoms with Crippen LogP contribution in [0.4, 0.5) is 0 Å². The van der Waals surface area contributed by atoms with E-state index >= 15 is 0 Å². The number of carbonyl (C=O) groups excluding carboxylic acids is 2. The number of ether oxygens (including phenoxy) is 2. The summed E-state index contributed by atoms with van der Waals surface area (Å²) in [5, 5.41) is 2.79. The van der Waals surface area contributed by atoms with Crippen LogP contribution < -0.4 is 10.1 Å². The topological polar surface area (TPSA) is 64.6 Å². The van der Waals surface area contributed by atoms with Gasteiger partial charge in [0.1, 0.15) is 5.75 Å². The number of carbonyl (C=O) groups is 2. The zero-order chi connectivity index (χ0) is 17.5. The molecule has 0 radical (unpaired) electrons. The molecule has 0 heterocycles. The zero-order valence-corrected chi connectivity index (χ0v) is 14.0. The lowest BCUT2D eigenvalue weighted by atomic mass is 10.1. The van der Waals surface area contributed by atoms with Crippen molar-refractivity contribution in [3.8, 4) is 5.75 Å². The monoisotopic (exact) mass is 327 g/mol. The van der Waals surface area contributed by atoms with Crippen LogP contribution in [0, 0.1) is 6.92 Å². The minimum absolute atomic E-state index is 0.217. The second kappa shape index (κ2) is 8.15. The van der Waals surface area contributed by atoms with E-state index in [9.17, 15) is 9.59 Å². The van der Waals surface area contributed by atoms with E-state index < -0.39 is 5.97 Å². The predicted octanol–water partition coefficient (Wildman–Crippen LogP) is 3.04. The number of amides is 1. The molecule has 5 nitrogen and oxygen atoms in total. The quantitative estimate of drug-likeness (QED) is 0.828. The molecule has 2 aromatic rings. The lowest BCUT2D eigenvalue weighted by Crippen LogP contribution is -2.31. The Morgan fingerprint density at radius 3 is 2.58 bits per heavy atom. The molecule has 5 heteroatoms. The van der Waals surface area contributed by atoms with E-state index in [1.807, 2.05) is 44.2 Å². The lowest BCUT2D eigenvalue weighted by Gasteiger charge is -2.15. The van der Waals surface area contributed by atoms with Crippen molar-refractivity contribution in [3.05, 3.63) is 65.2 Å². The summed E-state index contributed by atoms with van der Waals surface area (Å²) in [6.45, 7) is 3.43. The van der Waals surface area contributed by atoms with Crippen molar-refractivity contribution < 1.29 is 19.1 Å². The highest BCUT2D eigenvalue weighted by atomic mass is 16.5. The molecule has 1 amide bonds. The first-order valence-corrected chi connectivity index (χ1v) is 7.66. The first-order chi connectivity index (χ1) is 11.5. The van der Waals surface area contributed by atoms with E-state index in [1.165, 1.54) is 0 Å². The molecule has 24 heavy (non-hydrogen) atoms. The number of benzene rings is 2. The van der Waals surface area contributed by atoms with Gasteiger partial charge >= 0.3 is 5.97 Å². The van der Waals surface area contributed by atoms with Gasteiger partial charge in [-0.1, -0.05) is 29.8 Å². The number of nitrogens with one attached hydrogen (secondary N) is 1. The summed E-state index contributed by atoms with van der Waals surface area (Å²) < 4.78 is 10.2. The van der Waals surface area contributed by atoms with Crippen molar-refractivity contribution in [2.45, 2.75) is 19.9 Å². The Morgan fingerprint density at radius 2 is 1.88 bits per heavy atom. The number of hydrogen-bond acceptors (Lipinski definition) is 4. The van der Waals surface area contributed by atoms with Gasteiger partial charge in [-0.05, 0) is 43.7 Å². The fourth-order valence-corrected chi connectivity index (χ4v) is 2.26. The molecule has 0 aromatic heterocycles. The maximum atomic E-state index is 12.0. The summed E-state index contributed by atoms with van der Waals surface area (Å²) in [6.07, 6.45) is 0. The van der Waals surface area contributed by atoms with Gasteiger partial charge in [0.25, 0.3) is 5.91 Å². The fourth-order valence-electron chi connectivity index (χ4n) is 2.26. The second-order valence-electron chi connectivity index (χ2n) is 5.51. The third-order valence-electron chi connectivity index (χ3n) is 3.56. The van der Waals surface area contributed by atoms with Gasteiger partial charge in [-0.25, -0.2) is 4.79 Å². The SMILES string of the molecule is COc1cccc([C@@H](C)NC(=O)COC(=O)c2cccc(C)c2)c1. The van der Waals surface area contributed by atoms with Gasteiger partial charge in [0.2, 0.25) is 0 Å². The van der Waals surface area contributed by atoms with Gasteiger partial charge in [0.05, 0.1) is 18.7 Å². The molecule has 0 spiro atoms. The van der Waals surface area contributed by atoms with Gasteiger partial charge in [0, 0.05) is 0 Å². The molecule has 0 unspecified atom stereocenters. The molecule has 0 aliphatic heterocycles. The van der Waals surface area contributed by atoms with Crippen LogP contribution in [0.2, 0.25) is 0 Å². The van der Waals surface area contributed by atoms with Crippen molar-refractivity contribution in [2.75, 3.05) is 13.7 Å². The van der Waals surface area contributed by atoms with Crippen LogP contribution in [-0.2, 0) is 9.53 Å². The van der Waals surface area contributed by atoms with Gasteiger partial charge in [-0.3, -0.25) is 4.79 Å². The van der Waals surface area contributed by atoms with Gasteiger partial charge in [-0.15, -0.1) is 0 Å². The second-order valence-corrected chi connectivity index (χ2v) is 5.51. The number of esters is 1. The molecular formula is C19H21NO4. The average molecular weight is 327 g/mol. The molecule has 0 bridgehead atoms. The van der Waals surface area contributed by atoms with E-state index in [4.69, 9.17) is 9.47 Å². The van der Waals surface area contributed by atoms with Crippen molar-refractivity contribution in [2.24, 2.45) is 0 Å². The molecule has 0 aliphatic carbocycles. The highest BCUT2D eigenvalue weighted by molar-refractivity contribution is 5.91. The Balaban J connectivity index is 1.87. The minimum atomic E-state index is -0.511. The van der Waals surface area contributed by atoms with Gasteiger partial charge in [-0.2, -0.15) is 0 Å². The standard InChI is InChI=1S/C19H21NO4/c1-13-6-4-8-16(10-13)19(22)24-12-18(21)20-14(2)15-7-5-9-17(11-15)23-3/h4-11,14H,12H2,1-3H3,(H,20,21)/t14-/m1/s1. The molecule has 1 atom stereocenters. The van der Waals surface area contributed by atoms with Gasteiger partial charge in [0.15, 0.2) is 6.61 Å². The average Bonchev–Trinajstić information content (AvgIpc) is 2.59. The Bertz CT molecular complexity index is 727. The minimum Gasteiger partial charge on any atom is -0.497 e. The Labute approximate surface area is 141 Å². The molecule has 126 valence electrons. The Morgan fingerprint density at radius 1 is 1.12 bits per heavy atom. The number of methoxy groups -OCH3 is 1. The van der Waals surface area contributed by atoms with E-state index in [0.717, 1.165) is 16.9 Å². The normalized spacial score (nSPS) is 11.5. The Kier molecular flexibility index (Phi) is 5.95. The van der Waals surface area contributed by atoms with Crippen LogP contribution in [0.25, 0.3) is 0 Å². The number of rotatable bonds is 6. The third-order valence-corrected chi connectivity index (χ3v) is 3.56. The predicted molar refractivity (Wildman–Crippen MR) is 91.0 cm³/mol. The highest BCUT2D eigenvalue weighted by Gasteiger charge is 2.13. The van der Waals surface area contributed by atoms with Crippen molar-refractivity contribution in [1.29, 1.82) is 0 Å². The first-order valence-electron chi connectivity index (χ1n) is 7.66. The molecule has 0 saturated carbocycles. The van der Waals surface area contributed by atoms with Crippen molar-refractivity contribution in [1.82, 2.24) is 5.32 Å². The molecular weight excluding hydrogens is 306 g/mol. The summed E-state index contributed by atoms with van der Waals surface area (Å²) in [6, 6.07) is 14.3. The summed E-state index contributed by atoms with van der Waals surface area (Å²) in [5.74, 6) is -0.145. The fraction of sp³-hybridized carbons (Fsp3) is 0.263. The van der Waals surface area contributed by atoms with Crippen molar-refractivity contribution in [3.63, 3.8) is 0 Å². The Hall–Kier alpha value is -2.82. The van der Waals surface area contributed by atoms with E-state index in [1.54, 1.807) is 25.3 Å². The summed E-state index contributed by atoms with van der Waals surface area (Å²) >= 11 is 0. The van der Waals surface area contributed by atoms with Crippen molar-refractivity contribution >= 4 is 11.9 Å². The smallest absolute Gasteiger partial charge is 0.338 e. The van der Waals surface area contributed by atoms with E-state index in [0.29, 0.717) is 5.56 Å². The lowest BCUT2D eigenvalue weighted by molar-refractivity contribution is -0.124. The molecule has 0 aliphatic rings. The maximum Gasteiger partial charge on any atom is 0.338 e. The summed E-state index contributed by atoms with van der Waals surface area (Å²) in [4.78, 5) is 23.9. The number of aryl methyl sites for hydroxylation is 1. The largest absolute Gasteiger partial charge is 0.497 e. The van der Waals surface area contributed by atoms with E-state index in [-0.39, 0.29) is 18.6 Å². The van der Waals surface area contributed by atoms with Crippen LogP contribution in [-0.4, -0.2) is 25.6 Å².